The van der Waals surface area contributed by atoms with Crippen LogP contribution in [0.2, 0.25) is 0 Å². The molecule has 0 aliphatic heterocycles. The van der Waals surface area contributed by atoms with Crippen molar-refractivity contribution in [2.45, 2.75) is 6.92 Å². The average molecular weight is 263 g/mol. The minimum absolute atomic E-state index is 0.348. The Hall–Kier alpha value is -2.68. The van der Waals surface area contributed by atoms with Gasteiger partial charge in [0.15, 0.2) is 0 Å². The van der Waals surface area contributed by atoms with Crippen molar-refractivity contribution < 1.29 is 9.53 Å². The summed E-state index contributed by atoms with van der Waals surface area (Å²) in [5.74, 6) is 0.184. The molecule has 0 bridgehead atoms. The van der Waals surface area contributed by atoms with Crippen LogP contribution in [0.25, 0.3) is 10.9 Å². The molecule has 0 saturated carbocycles. The van der Waals surface area contributed by atoms with E-state index in [9.17, 15) is 4.79 Å². The van der Waals surface area contributed by atoms with E-state index in [2.05, 4.69) is 4.98 Å². The number of nitrogens with zero attached hydrogens (tertiary/aromatic N) is 1. The molecule has 98 valence electrons. The third-order valence-corrected chi connectivity index (χ3v) is 3.18. The van der Waals surface area contributed by atoms with Gasteiger partial charge in [-0.2, -0.15) is 0 Å². The van der Waals surface area contributed by atoms with Crippen molar-refractivity contribution in [1.29, 1.82) is 0 Å². The molecular weight excluding hydrogens is 250 g/mol. The zero-order chi connectivity index (χ0) is 13.9. The molecule has 0 amide bonds. The topological polar surface area (TPSA) is 39.2 Å². The van der Waals surface area contributed by atoms with E-state index >= 15 is 0 Å². The maximum absolute atomic E-state index is 12.2. The molecule has 0 N–H and O–H groups in total. The quantitative estimate of drug-likeness (QED) is 0.661. The number of hydrogen-bond donors (Lipinski definition) is 0. The highest BCUT2D eigenvalue weighted by atomic mass is 16.5. The van der Waals surface area contributed by atoms with Gasteiger partial charge in [0, 0.05) is 11.6 Å². The lowest BCUT2D eigenvalue weighted by molar-refractivity contribution is 0.0736. The van der Waals surface area contributed by atoms with E-state index < -0.39 is 0 Å². The van der Waals surface area contributed by atoms with Crippen LogP contribution in [0.5, 0.6) is 5.75 Å². The molecule has 0 aliphatic rings. The summed E-state index contributed by atoms with van der Waals surface area (Å²) in [5, 5.41) is 0.830. The number of carbonyl (C=O) groups excluding carboxylic acids is 1. The van der Waals surface area contributed by atoms with Gasteiger partial charge in [-0.1, -0.05) is 30.3 Å². The summed E-state index contributed by atoms with van der Waals surface area (Å²) in [7, 11) is 0. The predicted molar refractivity (Wildman–Crippen MR) is 77.9 cm³/mol. The lowest BCUT2D eigenvalue weighted by Crippen LogP contribution is -2.10. The number of aromatic nitrogens is 1. The molecule has 0 radical (unpaired) electrons. The number of hydrogen-bond acceptors (Lipinski definition) is 3. The molecule has 0 fully saturated rings. The molecule has 3 heteroatoms. The van der Waals surface area contributed by atoms with Crippen LogP contribution >= 0.6 is 0 Å². The predicted octanol–water partition coefficient (Wildman–Crippen LogP) is 3.76. The van der Waals surface area contributed by atoms with Gasteiger partial charge in [0.05, 0.1) is 11.1 Å². The maximum atomic E-state index is 12.2. The van der Waals surface area contributed by atoms with E-state index in [1.54, 1.807) is 18.3 Å². The van der Waals surface area contributed by atoms with Gasteiger partial charge in [-0.15, -0.1) is 0 Å². The number of para-hydroxylation sites is 1. The molecule has 2 aromatic carbocycles. The number of fused-ring (bicyclic) bond motifs is 1. The summed E-state index contributed by atoms with van der Waals surface area (Å²) in [4.78, 5) is 16.5. The molecule has 1 aromatic heterocycles. The van der Waals surface area contributed by atoms with Crippen LogP contribution in [0.15, 0.2) is 60.8 Å². The molecule has 0 saturated heterocycles. The van der Waals surface area contributed by atoms with Crippen molar-refractivity contribution in [3.63, 3.8) is 0 Å². The molecule has 20 heavy (non-hydrogen) atoms. The minimum atomic E-state index is -0.348. The fourth-order valence-corrected chi connectivity index (χ4v) is 2.12. The van der Waals surface area contributed by atoms with E-state index in [0.29, 0.717) is 11.3 Å². The second kappa shape index (κ2) is 5.13. The van der Waals surface area contributed by atoms with Crippen molar-refractivity contribution in [2.24, 2.45) is 0 Å². The van der Waals surface area contributed by atoms with Crippen LogP contribution in [-0.4, -0.2) is 11.0 Å². The Balaban J connectivity index is 1.98. The average Bonchev–Trinajstić information content (AvgIpc) is 2.48. The smallest absolute Gasteiger partial charge is 0.343 e. The highest BCUT2D eigenvalue weighted by molar-refractivity contribution is 5.95. The lowest BCUT2D eigenvalue weighted by atomic mass is 10.1. The Morgan fingerprint density at radius 2 is 1.75 bits per heavy atom. The van der Waals surface area contributed by atoms with E-state index in [1.807, 2.05) is 49.4 Å². The summed E-state index contributed by atoms with van der Waals surface area (Å²) in [6.45, 7) is 1.89. The van der Waals surface area contributed by atoms with Gasteiger partial charge in [-0.25, -0.2) is 4.79 Å². The van der Waals surface area contributed by atoms with Gasteiger partial charge in [-0.05, 0) is 36.8 Å². The zero-order valence-electron chi connectivity index (χ0n) is 11.0. The second-order valence-corrected chi connectivity index (χ2v) is 4.53. The summed E-state index contributed by atoms with van der Waals surface area (Å²) in [6, 6.07) is 16.7. The summed E-state index contributed by atoms with van der Waals surface area (Å²) < 4.78 is 5.52. The Morgan fingerprint density at radius 3 is 2.60 bits per heavy atom. The van der Waals surface area contributed by atoms with Crippen LogP contribution in [0.4, 0.5) is 0 Å². The Bertz CT molecular complexity index is 775. The highest BCUT2D eigenvalue weighted by Gasteiger charge is 2.12. The monoisotopic (exact) mass is 263 g/mol. The maximum Gasteiger partial charge on any atom is 0.343 e. The van der Waals surface area contributed by atoms with Crippen LogP contribution < -0.4 is 4.74 Å². The first-order valence-electron chi connectivity index (χ1n) is 6.37. The Labute approximate surface area is 116 Å². The molecule has 0 unspecified atom stereocenters. The van der Waals surface area contributed by atoms with Gasteiger partial charge in [0.1, 0.15) is 5.75 Å². The standard InChI is InChI=1S/C17H13NO2/c1-12-6-2-3-7-13(12)17(19)20-16-10-11-18-15-9-5-4-8-14(15)16/h2-11H,1H3. The van der Waals surface area contributed by atoms with E-state index in [0.717, 1.165) is 16.5 Å². The van der Waals surface area contributed by atoms with Crippen molar-refractivity contribution in [3.8, 4) is 5.75 Å². The largest absolute Gasteiger partial charge is 0.422 e. The summed E-state index contributed by atoms with van der Waals surface area (Å²) >= 11 is 0. The van der Waals surface area contributed by atoms with Gasteiger partial charge in [-0.3, -0.25) is 4.98 Å². The van der Waals surface area contributed by atoms with Crippen LogP contribution in [0.3, 0.4) is 0 Å². The number of carbonyl (C=O) groups is 1. The first-order valence-corrected chi connectivity index (χ1v) is 6.37. The van der Waals surface area contributed by atoms with Crippen molar-refractivity contribution in [2.75, 3.05) is 0 Å². The zero-order valence-corrected chi connectivity index (χ0v) is 11.0. The molecule has 3 nitrogen and oxygen atoms in total. The van der Waals surface area contributed by atoms with Crippen molar-refractivity contribution in [1.82, 2.24) is 4.98 Å². The molecule has 3 rings (SSSR count). The molecule has 0 atom stereocenters. The number of rotatable bonds is 2. The Kier molecular flexibility index (Phi) is 3.17. The van der Waals surface area contributed by atoms with E-state index in [4.69, 9.17) is 4.74 Å². The summed E-state index contributed by atoms with van der Waals surface area (Å²) in [5.41, 5.74) is 2.28. The minimum Gasteiger partial charge on any atom is -0.422 e. The van der Waals surface area contributed by atoms with Gasteiger partial charge in [0.25, 0.3) is 0 Å². The van der Waals surface area contributed by atoms with Crippen molar-refractivity contribution in [3.05, 3.63) is 71.9 Å². The number of ether oxygens (including phenoxy) is 1. The van der Waals surface area contributed by atoms with Crippen LogP contribution in [-0.2, 0) is 0 Å². The van der Waals surface area contributed by atoms with E-state index in [1.165, 1.54) is 0 Å². The van der Waals surface area contributed by atoms with Crippen LogP contribution in [0, 0.1) is 6.92 Å². The SMILES string of the molecule is Cc1ccccc1C(=O)Oc1ccnc2ccccc12. The number of esters is 1. The third-order valence-electron chi connectivity index (χ3n) is 3.18. The van der Waals surface area contributed by atoms with E-state index in [-0.39, 0.29) is 5.97 Å². The summed E-state index contributed by atoms with van der Waals surface area (Å²) in [6.07, 6.45) is 1.64. The molecular formula is C17H13NO2. The van der Waals surface area contributed by atoms with Crippen molar-refractivity contribution >= 4 is 16.9 Å². The Morgan fingerprint density at radius 1 is 1.00 bits per heavy atom. The molecule has 0 spiro atoms. The fourth-order valence-electron chi connectivity index (χ4n) is 2.12. The van der Waals surface area contributed by atoms with Gasteiger partial charge < -0.3 is 4.74 Å². The third kappa shape index (κ3) is 2.26. The highest BCUT2D eigenvalue weighted by Crippen LogP contribution is 2.24. The number of pyridine rings is 1. The second-order valence-electron chi connectivity index (χ2n) is 4.53. The molecule has 3 aromatic rings. The normalized spacial score (nSPS) is 10.4. The fraction of sp³-hybridized carbons (Fsp3) is 0.0588. The van der Waals surface area contributed by atoms with Crippen LogP contribution in [0.1, 0.15) is 15.9 Å². The van der Waals surface area contributed by atoms with Gasteiger partial charge in [0.2, 0.25) is 0 Å². The lowest BCUT2D eigenvalue weighted by Gasteiger charge is -2.08. The number of aryl methyl sites for hydroxylation is 1. The first-order chi connectivity index (χ1) is 9.75. The number of benzene rings is 2. The molecule has 0 aliphatic carbocycles. The molecule has 1 heterocycles. The van der Waals surface area contributed by atoms with Gasteiger partial charge >= 0.3 is 5.97 Å². The first kappa shape index (κ1) is 12.4.